The van der Waals surface area contributed by atoms with E-state index in [1.54, 1.807) is 49.1 Å². The van der Waals surface area contributed by atoms with Gasteiger partial charge in [-0.25, -0.2) is 4.98 Å². The zero-order valence-electron chi connectivity index (χ0n) is 18.7. The van der Waals surface area contributed by atoms with Crippen molar-refractivity contribution in [3.63, 3.8) is 0 Å². The average molecular weight is 487 g/mol. The number of nitrogens with zero attached hydrogens (tertiary/aromatic N) is 4. The van der Waals surface area contributed by atoms with E-state index in [4.69, 9.17) is 30.6 Å². The van der Waals surface area contributed by atoms with Gasteiger partial charge in [-0.2, -0.15) is 4.98 Å². The van der Waals surface area contributed by atoms with Crippen molar-refractivity contribution in [1.82, 2.24) is 19.7 Å². The number of hydrogen-bond donors (Lipinski definition) is 0. The fourth-order valence-electron chi connectivity index (χ4n) is 3.34. The second-order valence-corrected chi connectivity index (χ2v) is 9.11. The molecule has 0 spiro atoms. The number of aromatic nitrogens is 4. The Hall–Kier alpha value is -3.04. The van der Waals surface area contributed by atoms with Crippen molar-refractivity contribution in [2.45, 2.75) is 31.3 Å². The van der Waals surface area contributed by atoms with Crippen molar-refractivity contribution >= 4 is 34.3 Å². The van der Waals surface area contributed by atoms with Gasteiger partial charge >= 0.3 is 0 Å². The molecule has 8 nitrogen and oxygen atoms in total. The van der Waals surface area contributed by atoms with E-state index in [0.29, 0.717) is 56.6 Å². The molecule has 0 amide bonds. The first-order valence-corrected chi connectivity index (χ1v) is 11.6. The predicted octanol–water partition coefficient (Wildman–Crippen LogP) is 5.07. The van der Waals surface area contributed by atoms with Crippen LogP contribution in [0.4, 0.5) is 0 Å². The summed E-state index contributed by atoms with van der Waals surface area (Å²) in [7, 11) is 3.15. The fourth-order valence-corrected chi connectivity index (χ4v) is 4.36. The number of fused-ring (bicyclic) bond motifs is 1. The van der Waals surface area contributed by atoms with Crippen LogP contribution in [0.1, 0.15) is 19.7 Å². The molecule has 172 valence electrons. The van der Waals surface area contributed by atoms with Gasteiger partial charge in [0.15, 0.2) is 16.7 Å². The molecular formula is C23H23ClN4O4S. The maximum Gasteiger partial charge on any atom is 0.262 e. The van der Waals surface area contributed by atoms with Crippen LogP contribution in [0.2, 0.25) is 5.02 Å². The van der Waals surface area contributed by atoms with Crippen LogP contribution in [0.25, 0.3) is 22.3 Å². The predicted molar refractivity (Wildman–Crippen MR) is 128 cm³/mol. The maximum absolute atomic E-state index is 13.1. The van der Waals surface area contributed by atoms with Crippen LogP contribution >= 0.6 is 23.4 Å². The quantitative estimate of drug-likeness (QED) is 0.252. The van der Waals surface area contributed by atoms with Gasteiger partial charge in [0.05, 0.1) is 30.9 Å². The minimum absolute atomic E-state index is 0.116. The Morgan fingerprint density at radius 3 is 2.61 bits per heavy atom. The van der Waals surface area contributed by atoms with Crippen molar-refractivity contribution in [1.29, 1.82) is 0 Å². The summed E-state index contributed by atoms with van der Waals surface area (Å²) in [5.41, 5.74) is 1.23. The molecule has 0 atom stereocenters. The summed E-state index contributed by atoms with van der Waals surface area (Å²) in [6.07, 6.45) is 0. The zero-order valence-corrected chi connectivity index (χ0v) is 20.2. The van der Waals surface area contributed by atoms with Crippen molar-refractivity contribution in [2.24, 2.45) is 5.92 Å². The topological polar surface area (TPSA) is 92.3 Å². The van der Waals surface area contributed by atoms with E-state index in [0.717, 1.165) is 5.56 Å². The third kappa shape index (κ3) is 4.99. The molecule has 0 aliphatic rings. The molecule has 0 fully saturated rings. The SMILES string of the molecule is COc1ccc(-c2noc(CSc3nc4ccc(Cl)cc4c(=O)n3CC(C)C)n2)cc1OC. The van der Waals surface area contributed by atoms with Gasteiger partial charge in [-0.05, 0) is 42.3 Å². The van der Waals surface area contributed by atoms with E-state index in [-0.39, 0.29) is 11.5 Å². The largest absolute Gasteiger partial charge is 0.493 e. The summed E-state index contributed by atoms with van der Waals surface area (Å²) in [6, 6.07) is 10.5. The van der Waals surface area contributed by atoms with Crippen molar-refractivity contribution in [3.8, 4) is 22.9 Å². The Kier molecular flexibility index (Phi) is 6.90. The number of ether oxygens (including phenoxy) is 2. The summed E-state index contributed by atoms with van der Waals surface area (Å²) in [6.45, 7) is 4.64. The first-order chi connectivity index (χ1) is 15.9. The van der Waals surface area contributed by atoms with E-state index in [2.05, 4.69) is 24.0 Å². The number of methoxy groups -OCH3 is 2. The summed E-state index contributed by atoms with van der Waals surface area (Å²) >= 11 is 7.47. The standard InChI is InChI=1S/C23H23ClN4O4S/c1-13(2)11-28-22(29)16-10-15(24)6-7-17(16)25-23(28)33-12-20-26-21(27-32-20)14-5-8-18(30-3)19(9-14)31-4/h5-10,13H,11-12H2,1-4H3. The minimum Gasteiger partial charge on any atom is -0.493 e. The van der Waals surface area contributed by atoms with Gasteiger partial charge in [0, 0.05) is 17.1 Å². The maximum atomic E-state index is 13.1. The molecule has 10 heteroatoms. The Labute approximate surface area is 199 Å². The summed E-state index contributed by atoms with van der Waals surface area (Å²) in [5, 5.41) is 5.68. The molecule has 0 aliphatic heterocycles. The lowest BCUT2D eigenvalue weighted by molar-refractivity contribution is 0.355. The highest BCUT2D eigenvalue weighted by Gasteiger charge is 2.16. The van der Waals surface area contributed by atoms with E-state index >= 15 is 0 Å². The summed E-state index contributed by atoms with van der Waals surface area (Å²) in [4.78, 5) is 22.3. The number of halogens is 1. The van der Waals surface area contributed by atoms with Crippen LogP contribution in [0, 0.1) is 5.92 Å². The lowest BCUT2D eigenvalue weighted by Gasteiger charge is -2.14. The number of hydrogen-bond acceptors (Lipinski definition) is 8. The summed E-state index contributed by atoms with van der Waals surface area (Å²) in [5.74, 6) is 2.68. The van der Waals surface area contributed by atoms with Gasteiger partial charge in [-0.3, -0.25) is 9.36 Å². The smallest absolute Gasteiger partial charge is 0.262 e. The first kappa shape index (κ1) is 23.1. The molecule has 0 bridgehead atoms. The minimum atomic E-state index is -0.116. The Bertz CT molecular complexity index is 1350. The number of benzene rings is 2. The Morgan fingerprint density at radius 2 is 1.88 bits per heavy atom. The highest BCUT2D eigenvalue weighted by atomic mass is 35.5. The molecule has 0 saturated heterocycles. The van der Waals surface area contributed by atoms with Gasteiger partial charge in [0.2, 0.25) is 11.7 Å². The van der Waals surface area contributed by atoms with Crippen LogP contribution in [0.5, 0.6) is 11.5 Å². The molecule has 4 aromatic rings. The zero-order chi connectivity index (χ0) is 23.5. The second-order valence-electron chi connectivity index (χ2n) is 7.74. The third-order valence-electron chi connectivity index (χ3n) is 4.86. The first-order valence-electron chi connectivity index (χ1n) is 10.3. The number of thioether (sulfide) groups is 1. The lowest BCUT2D eigenvalue weighted by Crippen LogP contribution is -2.25. The molecule has 2 aromatic heterocycles. The molecule has 2 heterocycles. The molecule has 33 heavy (non-hydrogen) atoms. The van der Waals surface area contributed by atoms with Gasteiger partial charge < -0.3 is 14.0 Å². The molecule has 0 radical (unpaired) electrons. The van der Waals surface area contributed by atoms with Gasteiger partial charge in [0.1, 0.15) is 0 Å². The van der Waals surface area contributed by atoms with Crippen molar-refractivity contribution < 1.29 is 14.0 Å². The lowest BCUT2D eigenvalue weighted by atomic mass is 10.2. The van der Waals surface area contributed by atoms with Crippen LogP contribution in [0.15, 0.2) is 50.9 Å². The highest BCUT2D eigenvalue weighted by molar-refractivity contribution is 7.98. The molecule has 0 N–H and O–H groups in total. The van der Waals surface area contributed by atoms with Crippen LogP contribution in [-0.4, -0.2) is 33.9 Å². The fraction of sp³-hybridized carbons (Fsp3) is 0.304. The van der Waals surface area contributed by atoms with E-state index in [9.17, 15) is 4.79 Å². The number of rotatable bonds is 8. The van der Waals surface area contributed by atoms with E-state index in [1.165, 1.54) is 11.8 Å². The van der Waals surface area contributed by atoms with Gasteiger partial charge in [-0.15, -0.1) is 0 Å². The molecular weight excluding hydrogens is 464 g/mol. The van der Waals surface area contributed by atoms with Crippen LogP contribution in [-0.2, 0) is 12.3 Å². The average Bonchev–Trinajstić information content (AvgIpc) is 3.28. The normalized spacial score (nSPS) is 11.3. The molecule has 0 aliphatic carbocycles. The molecule has 0 unspecified atom stereocenters. The van der Waals surface area contributed by atoms with E-state index in [1.807, 2.05) is 6.07 Å². The second kappa shape index (κ2) is 9.84. The summed E-state index contributed by atoms with van der Waals surface area (Å²) < 4.78 is 17.7. The Morgan fingerprint density at radius 1 is 1.09 bits per heavy atom. The Balaban J connectivity index is 1.61. The van der Waals surface area contributed by atoms with Gasteiger partial charge in [-0.1, -0.05) is 42.4 Å². The van der Waals surface area contributed by atoms with Crippen LogP contribution < -0.4 is 15.0 Å². The highest BCUT2D eigenvalue weighted by Crippen LogP contribution is 2.31. The molecule has 2 aromatic carbocycles. The van der Waals surface area contributed by atoms with Crippen molar-refractivity contribution in [2.75, 3.05) is 14.2 Å². The van der Waals surface area contributed by atoms with Gasteiger partial charge in [0.25, 0.3) is 5.56 Å². The van der Waals surface area contributed by atoms with E-state index < -0.39 is 0 Å². The third-order valence-corrected chi connectivity index (χ3v) is 6.06. The monoisotopic (exact) mass is 486 g/mol. The van der Waals surface area contributed by atoms with Crippen LogP contribution in [0.3, 0.4) is 0 Å². The molecule has 0 saturated carbocycles. The molecule has 4 rings (SSSR count). The van der Waals surface area contributed by atoms with Crippen molar-refractivity contribution in [3.05, 3.63) is 57.7 Å².